The van der Waals surface area contributed by atoms with Gasteiger partial charge in [-0.15, -0.1) is 0 Å². The minimum absolute atomic E-state index is 0.0797. The number of aliphatic imine (C=N–C) groups is 1. The van der Waals surface area contributed by atoms with Crippen molar-refractivity contribution in [1.29, 1.82) is 0 Å². The van der Waals surface area contributed by atoms with E-state index in [1.54, 1.807) is 0 Å². The van der Waals surface area contributed by atoms with Crippen LogP contribution in [0.3, 0.4) is 0 Å². The van der Waals surface area contributed by atoms with Gasteiger partial charge < -0.3 is 58.7 Å². The number of carbonyl (C=O) groups excluding carboxylic acids is 5. The average Bonchev–Trinajstić information content (AvgIpc) is 3.41. The molecule has 13 N–H and O–H groups in total. The van der Waals surface area contributed by atoms with Gasteiger partial charge in [-0.2, -0.15) is 0 Å². The van der Waals surface area contributed by atoms with E-state index in [1.807, 2.05) is 0 Å². The summed E-state index contributed by atoms with van der Waals surface area (Å²) in [4.78, 5) is 89.6. The van der Waals surface area contributed by atoms with E-state index in [2.05, 4.69) is 26.3 Å². The lowest BCUT2D eigenvalue weighted by molar-refractivity contribution is -0.150. The fourth-order valence-electron chi connectivity index (χ4n) is 3.89. The van der Waals surface area contributed by atoms with Gasteiger partial charge in [0.05, 0.1) is 26.1 Å². The number of hydrogen-bond acceptors (Lipinski definition) is 10. The molecule has 230 valence electrons. The molecule has 1 aliphatic rings. The predicted molar refractivity (Wildman–Crippen MR) is 139 cm³/mol. The van der Waals surface area contributed by atoms with Crippen LogP contribution in [0.5, 0.6) is 0 Å². The monoisotopic (exact) mass is 587 g/mol. The van der Waals surface area contributed by atoms with Crippen molar-refractivity contribution >= 4 is 47.4 Å². The molecule has 0 radical (unpaired) electrons. The highest BCUT2D eigenvalue weighted by molar-refractivity contribution is 5.96. The lowest BCUT2D eigenvalue weighted by atomic mass is 10.1. The van der Waals surface area contributed by atoms with Gasteiger partial charge in [-0.1, -0.05) is 0 Å². The number of carbonyl (C=O) groups is 7. The number of likely N-dealkylation sites (tertiary alicyclic amines) is 1. The standard InChI is InChI=1S/C22H37N9O10/c23-8-15(33)28-11(3-1-5-26-22(24)25)18(37)27-9-16(34)29-12(7-17(35)36)19(38)30-13(10-32)20(39)31-6-2-4-14(31)21(40)41/h11-14,32H,1-10,23H2,(H,27,37)(H,28,33)(H,29,34)(H,30,38)(H,35,36)(H,40,41)(H4,24,25,26). The fraction of sp³-hybridized carbons (Fsp3) is 0.636. The van der Waals surface area contributed by atoms with Gasteiger partial charge in [-0.25, -0.2) is 4.79 Å². The van der Waals surface area contributed by atoms with Crippen molar-refractivity contribution in [1.82, 2.24) is 26.2 Å². The Labute approximate surface area is 234 Å². The molecule has 0 bridgehead atoms. The van der Waals surface area contributed by atoms with Crippen molar-refractivity contribution in [2.75, 3.05) is 32.8 Å². The van der Waals surface area contributed by atoms with E-state index < -0.39 is 91.8 Å². The van der Waals surface area contributed by atoms with Crippen LogP contribution in [0.4, 0.5) is 0 Å². The summed E-state index contributed by atoms with van der Waals surface area (Å²) in [6.07, 6.45) is 0.0216. The molecule has 0 aromatic rings. The molecule has 19 nitrogen and oxygen atoms in total. The number of aliphatic carboxylic acids is 2. The minimum Gasteiger partial charge on any atom is -0.481 e. The Morgan fingerprint density at radius 1 is 0.927 bits per heavy atom. The molecular weight excluding hydrogens is 550 g/mol. The molecule has 1 rings (SSSR count). The number of guanidine groups is 1. The number of amides is 5. The Hall–Kier alpha value is -4.52. The Morgan fingerprint density at radius 3 is 2.15 bits per heavy atom. The molecule has 0 spiro atoms. The SMILES string of the molecule is NCC(=O)NC(CCCN=C(N)N)C(=O)NCC(=O)NC(CC(=O)O)C(=O)NC(CO)C(=O)N1CCCC1C(=O)O. The molecule has 41 heavy (non-hydrogen) atoms. The normalized spacial score (nSPS) is 16.4. The van der Waals surface area contributed by atoms with Crippen LogP contribution < -0.4 is 38.5 Å². The van der Waals surface area contributed by atoms with Gasteiger partial charge in [0.1, 0.15) is 24.2 Å². The largest absolute Gasteiger partial charge is 0.481 e. The van der Waals surface area contributed by atoms with Crippen molar-refractivity contribution in [3.63, 3.8) is 0 Å². The molecule has 0 aromatic heterocycles. The second kappa shape index (κ2) is 17.2. The third-order valence-corrected chi connectivity index (χ3v) is 5.85. The van der Waals surface area contributed by atoms with E-state index in [4.69, 9.17) is 17.2 Å². The molecule has 0 aromatic carbocycles. The number of nitrogens with one attached hydrogen (secondary N) is 4. The lowest BCUT2D eigenvalue weighted by Crippen LogP contribution is -2.58. The van der Waals surface area contributed by atoms with Crippen molar-refractivity contribution in [3.05, 3.63) is 0 Å². The Balaban J connectivity index is 2.82. The first-order valence-corrected chi connectivity index (χ1v) is 12.6. The van der Waals surface area contributed by atoms with Crippen LogP contribution in [0.15, 0.2) is 4.99 Å². The Kier molecular flexibility index (Phi) is 14.5. The number of nitrogens with two attached hydrogens (primary N) is 3. The van der Waals surface area contributed by atoms with Crippen LogP contribution in [0, 0.1) is 0 Å². The maximum absolute atomic E-state index is 12.8. The van der Waals surface area contributed by atoms with E-state index in [1.165, 1.54) is 0 Å². The maximum atomic E-state index is 12.8. The van der Waals surface area contributed by atoms with E-state index in [0.717, 1.165) is 4.90 Å². The number of nitrogens with zero attached hydrogens (tertiary/aromatic N) is 2. The number of aliphatic hydroxyl groups excluding tert-OH is 1. The molecule has 1 fully saturated rings. The van der Waals surface area contributed by atoms with Crippen LogP contribution >= 0.6 is 0 Å². The zero-order valence-corrected chi connectivity index (χ0v) is 22.2. The highest BCUT2D eigenvalue weighted by Gasteiger charge is 2.38. The molecule has 1 saturated heterocycles. The molecule has 19 heteroatoms. The van der Waals surface area contributed by atoms with Crippen LogP contribution in [0.1, 0.15) is 32.1 Å². The average molecular weight is 588 g/mol. The lowest BCUT2D eigenvalue weighted by Gasteiger charge is -2.27. The van der Waals surface area contributed by atoms with Gasteiger partial charge in [-0.05, 0) is 25.7 Å². The van der Waals surface area contributed by atoms with Gasteiger partial charge >= 0.3 is 11.9 Å². The summed E-state index contributed by atoms with van der Waals surface area (Å²) in [7, 11) is 0. The topological polar surface area (TPSA) is 322 Å². The van der Waals surface area contributed by atoms with Crippen LogP contribution in [0.2, 0.25) is 0 Å². The van der Waals surface area contributed by atoms with Crippen molar-refractivity contribution in [2.24, 2.45) is 22.2 Å². The summed E-state index contributed by atoms with van der Waals surface area (Å²) < 4.78 is 0. The summed E-state index contributed by atoms with van der Waals surface area (Å²) in [6, 6.07) is -5.57. The molecule has 1 aliphatic heterocycles. The number of rotatable bonds is 17. The zero-order valence-electron chi connectivity index (χ0n) is 22.2. The third-order valence-electron chi connectivity index (χ3n) is 5.85. The first-order chi connectivity index (χ1) is 19.3. The number of carboxylic acids is 2. The Bertz CT molecular complexity index is 1020. The fourth-order valence-corrected chi connectivity index (χ4v) is 3.89. The zero-order chi connectivity index (χ0) is 31.1. The molecule has 5 amide bonds. The van der Waals surface area contributed by atoms with Gasteiger partial charge in [0.2, 0.25) is 29.5 Å². The predicted octanol–water partition coefficient (Wildman–Crippen LogP) is -5.89. The highest BCUT2D eigenvalue weighted by Crippen LogP contribution is 2.18. The number of carboxylic acid groups (broad SMARTS) is 2. The van der Waals surface area contributed by atoms with Crippen molar-refractivity contribution < 1.29 is 48.9 Å². The van der Waals surface area contributed by atoms with Crippen molar-refractivity contribution in [2.45, 2.75) is 56.3 Å². The number of aliphatic hydroxyl groups is 1. The maximum Gasteiger partial charge on any atom is 0.326 e. The first kappa shape index (κ1) is 34.5. The summed E-state index contributed by atoms with van der Waals surface area (Å²) in [5.41, 5.74) is 15.7. The Morgan fingerprint density at radius 2 is 1.59 bits per heavy atom. The quantitative estimate of drug-likeness (QED) is 0.0431. The molecule has 4 unspecified atom stereocenters. The minimum atomic E-state index is -1.72. The summed E-state index contributed by atoms with van der Waals surface area (Å²) in [5, 5.41) is 37.0. The summed E-state index contributed by atoms with van der Waals surface area (Å²) >= 11 is 0. The van der Waals surface area contributed by atoms with Gasteiger partial charge in [0.15, 0.2) is 5.96 Å². The second-order valence-corrected chi connectivity index (χ2v) is 8.98. The summed E-state index contributed by atoms with van der Waals surface area (Å²) in [6.45, 7) is -1.81. The molecule has 0 aliphatic carbocycles. The van der Waals surface area contributed by atoms with Crippen LogP contribution in [-0.4, -0.2) is 125 Å². The van der Waals surface area contributed by atoms with E-state index >= 15 is 0 Å². The van der Waals surface area contributed by atoms with E-state index in [-0.39, 0.29) is 38.3 Å². The molecule has 4 atom stereocenters. The number of hydrogen-bond donors (Lipinski definition) is 10. The summed E-state index contributed by atoms with van der Waals surface area (Å²) in [5.74, 6) is -7.35. The van der Waals surface area contributed by atoms with Crippen LogP contribution in [-0.2, 0) is 33.6 Å². The first-order valence-electron chi connectivity index (χ1n) is 12.6. The smallest absolute Gasteiger partial charge is 0.326 e. The third kappa shape index (κ3) is 12.0. The van der Waals surface area contributed by atoms with Crippen LogP contribution in [0.25, 0.3) is 0 Å². The molecule has 0 saturated carbocycles. The van der Waals surface area contributed by atoms with E-state index in [9.17, 15) is 48.9 Å². The highest BCUT2D eigenvalue weighted by atomic mass is 16.4. The van der Waals surface area contributed by atoms with Gasteiger partial charge in [-0.3, -0.25) is 33.8 Å². The van der Waals surface area contributed by atoms with Gasteiger partial charge in [0.25, 0.3) is 0 Å². The second-order valence-electron chi connectivity index (χ2n) is 8.98. The molecular formula is C22H37N9O10. The van der Waals surface area contributed by atoms with Gasteiger partial charge in [0, 0.05) is 13.1 Å². The van der Waals surface area contributed by atoms with Crippen molar-refractivity contribution in [3.8, 4) is 0 Å². The molecule has 1 heterocycles. The van der Waals surface area contributed by atoms with E-state index in [0.29, 0.717) is 6.42 Å².